The van der Waals surface area contributed by atoms with Crippen molar-refractivity contribution in [3.63, 3.8) is 0 Å². The highest BCUT2D eigenvalue weighted by molar-refractivity contribution is 9.10. The van der Waals surface area contributed by atoms with E-state index in [4.69, 9.17) is 0 Å². The minimum atomic E-state index is 0.678. The third-order valence-corrected chi connectivity index (χ3v) is 3.28. The number of hydrogen-bond acceptors (Lipinski definition) is 2. The molecule has 0 aliphatic carbocycles. The van der Waals surface area contributed by atoms with Crippen LogP contribution in [0.25, 0.3) is 5.69 Å². The maximum Gasteiger partial charge on any atom is 0.0787 e. The molecule has 0 unspecified atom stereocenters. The highest BCUT2D eigenvalue weighted by Gasteiger charge is 2.04. The van der Waals surface area contributed by atoms with Crippen LogP contribution >= 0.6 is 15.9 Å². The zero-order chi connectivity index (χ0) is 13.0. The molecule has 4 heteroatoms. The van der Waals surface area contributed by atoms with Gasteiger partial charge < -0.3 is 5.32 Å². The van der Waals surface area contributed by atoms with Crippen molar-refractivity contribution in [3.8, 4) is 5.69 Å². The fourth-order valence-corrected chi connectivity index (χ4v) is 2.37. The van der Waals surface area contributed by atoms with Crippen molar-refractivity contribution in [2.45, 2.75) is 20.4 Å². The lowest BCUT2D eigenvalue weighted by molar-refractivity contribution is 0.552. The summed E-state index contributed by atoms with van der Waals surface area (Å²) in [6, 6.07) is 8.29. The zero-order valence-corrected chi connectivity index (χ0v) is 12.3. The Labute approximate surface area is 116 Å². The molecular weight excluding hydrogens is 290 g/mol. The summed E-state index contributed by atoms with van der Waals surface area (Å²) < 4.78 is 2.92. The Kier molecular flexibility index (Phi) is 4.55. The highest BCUT2D eigenvalue weighted by atomic mass is 79.9. The second-order valence-electron chi connectivity index (χ2n) is 4.76. The molecule has 0 saturated heterocycles. The molecule has 1 aromatic heterocycles. The normalized spacial score (nSPS) is 11.1. The van der Waals surface area contributed by atoms with Crippen molar-refractivity contribution in [2.75, 3.05) is 6.54 Å². The Bertz CT molecular complexity index is 492. The van der Waals surface area contributed by atoms with Gasteiger partial charge in [-0.3, -0.25) is 0 Å². The van der Waals surface area contributed by atoms with E-state index in [9.17, 15) is 0 Å². The summed E-state index contributed by atoms with van der Waals surface area (Å²) in [5.74, 6) is 0.678. The maximum atomic E-state index is 4.23. The van der Waals surface area contributed by atoms with Crippen LogP contribution in [0.3, 0.4) is 0 Å². The summed E-state index contributed by atoms with van der Waals surface area (Å²) >= 11 is 3.60. The molecule has 1 heterocycles. The van der Waals surface area contributed by atoms with Crippen molar-refractivity contribution >= 4 is 15.9 Å². The van der Waals surface area contributed by atoms with E-state index >= 15 is 0 Å². The van der Waals surface area contributed by atoms with Crippen LogP contribution in [0.5, 0.6) is 0 Å². The molecule has 0 radical (unpaired) electrons. The minimum absolute atomic E-state index is 0.678. The van der Waals surface area contributed by atoms with E-state index in [1.807, 2.05) is 16.9 Å². The number of nitrogens with one attached hydrogen (secondary N) is 1. The number of rotatable bonds is 5. The summed E-state index contributed by atoms with van der Waals surface area (Å²) in [7, 11) is 0. The smallest absolute Gasteiger partial charge is 0.0787 e. The van der Waals surface area contributed by atoms with Gasteiger partial charge in [0.25, 0.3) is 0 Å². The largest absolute Gasteiger partial charge is 0.312 e. The molecule has 0 aliphatic heterocycles. The van der Waals surface area contributed by atoms with Crippen molar-refractivity contribution < 1.29 is 0 Å². The van der Waals surface area contributed by atoms with Crippen molar-refractivity contribution in [1.29, 1.82) is 0 Å². The average Bonchev–Trinajstić information content (AvgIpc) is 2.82. The molecule has 1 aromatic carbocycles. The van der Waals surface area contributed by atoms with Crippen LogP contribution < -0.4 is 5.32 Å². The van der Waals surface area contributed by atoms with Gasteiger partial charge in [-0.2, -0.15) is 5.10 Å². The zero-order valence-electron chi connectivity index (χ0n) is 10.7. The van der Waals surface area contributed by atoms with Crippen molar-refractivity contribution in [3.05, 3.63) is 46.7 Å². The lowest BCUT2D eigenvalue weighted by atomic mass is 10.2. The summed E-state index contributed by atoms with van der Waals surface area (Å²) in [5, 5.41) is 7.67. The lowest BCUT2D eigenvalue weighted by Crippen LogP contribution is -2.18. The standard InChI is InChI=1S/C14H18BrN3/c1-11(2)9-16-10-12-4-5-14(13(15)8-12)18-7-3-6-17-18/h3-8,11,16H,9-10H2,1-2H3. The van der Waals surface area contributed by atoms with E-state index in [0.717, 1.165) is 23.2 Å². The number of aromatic nitrogens is 2. The van der Waals surface area contributed by atoms with Crippen LogP contribution in [0.1, 0.15) is 19.4 Å². The Morgan fingerprint density at radius 1 is 1.39 bits per heavy atom. The van der Waals surface area contributed by atoms with Gasteiger partial charge >= 0.3 is 0 Å². The lowest BCUT2D eigenvalue weighted by Gasteiger charge is -2.10. The van der Waals surface area contributed by atoms with E-state index in [1.165, 1.54) is 5.56 Å². The van der Waals surface area contributed by atoms with E-state index in [1.54, 1.807) is 6.20 Å². The molecule has 2 rings (SSSR count). The van der Waals surface area contributed by atoms with E-state index in [2.05, 4.69) is 58.4 Å². The topological polar surface area (TPSA) is 29.9 Å². The summed E-state index contributed by atoms with van der Waals surface area (Å²) in [6.07, 6.45) is 3.72. The molecule has 2 aromatic rings. The first-order valence-corrected chi connectivity index (χ1v) is 6.95. The molecular formula is C14H18BrN3. The first kappa shape index (κ1) is 13.3. The predicted molar refractivity (Wildman–Crippen MR) is 77.8 cm³/mol. The van der Waals surface area contributed by atoms with Crippen LogP contribution in [-0.4, -0.2) is 16.3 Å². The third-order valence-electron chi connectivity index (χ3n) is 2.65. The number of halogens is 1. The van der Waals surface area contributed by atoms with Gasteiger partial charge in [0, 0.05) is 23.4 Å². The van der Waals surface area contributed by atoms with Crippen LogP contribution in [0.2, 0.25) is 0 Å². The van der Waals surface area contributed by atoms with Gasteiger partial charge in [0.15, 0.2) is 0 Å². The van der Waals surface area contributed by atoms with Crippen LogP contribution in [-0.2, 0) is 6.54 Å². The quantitative estimate of drug-likeness (QED) is 0.917. The summed E-state index contributed by atoms with van der Waals surface area (Å²) in [4.78, 5) is 0. The fraction of sp³-hybridized carbons (Fsp3) is 0.357. The molecule has 0 atom stereocenters. The van der Waals surface area contributed by atoms with E-state index in [0.29, 0.717) is 5.92 Å². The molecule has 0 spiro atoms. The average molecular weight is 308 g/mol. The maximum absolute atomic E-state index is 4.23. The third kappa shape index (κ3) is 3.43. The number of hydrogen-bond donors (Lipinski definition) is 1. The van der Waals surface area contributed by atoms with Gasteiger partial charge in [-0.05, 0) is 52.2 Å². The minimum Gasteiger partial charge on any atom is -0.312 e. The monoisotopic (exact) mass is 307 g/mol. The van der Waals surface area contributed by atoms with Gasteiger partial charge in [0.2, 0.25) is 0 Å². The molecule has 0 fully saturated rings. The second-order valence-corrected chi connectivity index (χ2v) is 5.62. The first-order valence-electron chi connectivity index (χ1n) is 6.16. The molecule has 96 valence electrons. The number of nitrogens with zero attached hydrogens (tertiary/aromatic N) is 2. The Hall–Kier alpha value is -1.13. The molecule has 3 nitrogen and oxygen atoms in total. The van der Waals surface area contributed by atoms with Gasteiger partial charge in [-0.1, -0.05) is 19.9 Å². The first-order chi connectivity index (χ1) is 8.66. The Morgan fingerprint density at radius 2 is 2.22 bits per heavy atom. The van der Waals surface area contributed by atoms with Gasteiger partial charge in [0.1, 0.15) is 0 Å². The Balaban J connectivity index is 2.06. The van der Waals surface area contributed by atoms with Crippen LogP contribution in [0.15, 0.2) is 41.1 Å². The SMILES string of the molecule is CC(C)CNCc1ccc(-n2cccn2)c(Br)c1. The predicted octanol–water partition coefficient (Wildman–Crippen LogP) is 3.38. The van der Waals surface area contributed by atoms with Crippen molar-refractivity contribution in [1.82, 2.24) is 15.1 Å². The van der Waals surface area contributed by atoms with Gasteiger partial charge in [0.05, 0.1) is 5.69 Å². The summed E-state index contributed by atoms with van der Waals surface area (Å²) in [5.41, 5.74) is 2.34. The number of benzene rings is 1. The van der Waals surface area contributed by atoms with Crippen LogP contribution in [0, 0.1) is 5.92 Å². The molecule has 0 saturated carbocycles. The molecule has 0 amide bonds. The van der Waals surface area contributed by atoms with Crippen LogP contribution in [0.4, 0.5) is 0 Å². The van der Waals surface area contributed by atoms with E-state index in [-0.39, 0.29) is 0 Å². The molecule has 1 N–H and O–H groups in total. The molecule has 0 aliphatic rings. The van der Waals surface area contributed by atoms with Gasteiger partial charge in [-0.15, -0.1) is 0 Å². The van der Waals surface area contributed by atoms with Crippen molar-refractivity contribution in [2.24, 2.45) is 5.92 Å². The highest BCUT2D eigenvalue weighted by Crippen LogP contribution is 2.21. The van der Waals surface area contributed by atoms with E-state index < -0.39 is 0 Å². The Morgan fingerprint density at radius 3 is 2.83 bits per heavy atom. The molecule has 18 heavy (non-hydrogen) atoms. The second kappa shape index (κ2) is 6.16. The van der Waals surface area contributed by atoms with Gasteiger partial charge in [-0.25, -0.2) is 4.68 Å². The fourth-order valence-electron chi connectivity index (χ4n) is 1.76. The summed E-state index contributed by atoms with van der Waals surface area (Å²) in [6.45, 7) is 6.36. The molecule has 0 bridgehead atoms.